The molecule has 0 radical (unpaired) electrons. The van der Waals surface area contributed by atoms with Crippen molar-refractivity contribution < 1.29 is 14.3 Å². The third-order valence-electron chi connectivity index (χ3n) is 6.24. The standard InChI is InChI=1S/C26H33ClN2O3/c1-17-9-5-6-10-21(17)15-29(20(4)26(31)28-22-11-7-8-12-22)24(30)16-32-23-13-18(2)25(27)19(3)14-23/h5-6,9-10,13-14,20,22H,7-8,11-12,15-16H2,1-4H3,(H,28,31)/t20-/m0/s1. The molecule has 1 atom stereocenters. The van der Waals surface area contributed by atoms with E-state index in [2.05, 4.69) is 5.32 Å². The Morgan fingerprint density at radius 3 is 2.34 bits per heavy atom. The van der Waals surface area contributed by atoms with E-state index >= 15 is 0 Å². The van der Waals surface area contributed by atoms with Crippen LogP contribution >= 0.6 is 11.6 Å². The van der Waals surface area contributed by atoms with Crippen molar-refractivity contribution in [1.29, 1.82) is 0 Å². The molecule has 0 aliphatic heterocycles. The third kappa shape index (κ3) is 6.04. The van der Waals surface area contributed by atoms with E-state index in [0.717, 1.165) is 47.9 Å². The summed E-state index contributed by atoms with van der Waals surface area (Å²) >= 11 is 6.24. The second-order valence-corrected chi connectivity index (χ2v) is 9.15. The molecule has 2 aromatic carbocycles. The zero-order valence-corrected chi connectivity index (χ0v) is 20.2. The molecule has 172 valence electrons. The molecule has 0 spiro atoms. The lowest BCUT2D eigenvalue weighted by molar-refractivity contribution is -0.142. The fraction of sp³-hybridized carbons (Fsp3) is 0.462. The summed E-state index contributed by atoms with van der Waals surface area (Å²) in [6, 6.07) is 11.2. The quantitative estimate of drug-likeness (QED) is 0.599. The Hall–Kier alpha value is -2.53. The Morgan fingerprint density at radius 1 is 1.09 bits per heavy atom. The summed E-state index contributed by atoms with van der Waals surface area (Å²) in [7, 11) is 0. The monoisotopic (exact) mass is 456 g/mol. The van der Waals surface area contributed by atoms with Crippen LogP contribution in [0.1, 0.15) is 54.9 Å². The van der Waals surface area contributed by atoms with Crippen molar-refractivity contribution in [3.8, 4) is 5.75 Å². The topological polar surface area (TPSA) is 58.6 Å². The lowest BCUT2D eigenvalue weighted by Gasteiger charge is -2.30. The lowest BCUT2D eigenvalue weighted by Crippen LogP contribution is -2.50. The fourth-order valence-corrected chi connectivity index (χ4v) is 4.27. The van der Waals surface area contributed by atoms with Gasteiger partial charge in [0.1, 0.15) is 11.8 Å². The number of aryl methyl sites for hydroxylation is 3. The molecule has 3 rings (SSSR count). The Balaban J connectivity index is 1.75. The Morgan fingerprint density at radius 2 is 1.72 bits per heavy atom. The molecule has 2 aromatic rings. The molecule has 0 saturated heterocycles. The number of halogens is 1. The van der Waals surface area contributed by atoms with E-state index in [1.54, 1.807) is 11.8 Å². The molecule has 32 heavy (non-hydrogen) atoms. The minimum Gasteiger partial charge on any atom is -0.484 e. The maximum Gasteiger partial charge on any atom is 0.261 e. The molecule has 2 amide bonds. The zero-order valence-electron chi connectivity index (χ0n) is 19.4. The van der Waals surface area contributed by atoms with Crippen LogP contribution in [0.5, 0.6) is 5.75 Å². The largest absolute Gasteiger partial charge is 0.484 e. The van der Waals surface area contributed by atoms with Crippen LogP contribution in [0.3, 0.4) is 0 Å². The van der Waals surface area contributed by atoms with E-state index < -0.39 is 6.04 Å². The van der Waals surface area contributed by atoms with Gasteiger partial charge in [-0.25, -0.2) is 0 Å². The van der Waals surface area contributed by atoms with Crippen LogP contribution in [0.2, 0.25) is 5.02 Å². The van der Waals surface area contributed by atoms with Crippen molar-refractivity contribution in [2.75, 3.05) is 6.61 Å². The number of ether oxygens (including phenoxy) is 1. The number of carbonyl (C=O) groups excluding carboxylic acids is 2. The van der Waals surface area contributed by atoms with Crippen molar-refractivity contribution in [2.24, 2.45) is 0 Å². The number of benzene rings is 2. The second-order valence-electron chi connectivity index (χ2n) is 8.77. The molecular weight excluding hydrogens is 424 g/mol. The first-order valence-corrected chi connectivity index (χ1v) is 11.7. The number of hydrogen-bond acceptors (Lipinski definition) is 3. The number of rotatable bonds is 8. The van der Waals surface area contributed by atoms with Crippen molar-refractivity contribution >= 4 is 23.4 Å². The van der Waals surface area contributed by atoms with Gasteiger partial charge in [-0.3, -0.25) is 9.59 Å². The Kier molecular flexibility index (Phi) is 8.19. The molecule has 0 unspecified atom stereocenters. The van der Waals surface area contributed by atoms with Gasteiger partial charge in [-0.2, -0.15) is 0 Å². The normalized spacial score (nSPS) is 14.8. The Labute approximate surface area is 196 Å². The van der Waals surface area contributed by atoms with Gasteiger partial charge in [0.25, 0.3) is 5.91 Å². The Bertz CT molecular complexity index is 946. The first kappa shape index (κ1) is 24.1. The van der Waals surface area contributed by atoms with Gasteiger partial charge in [0.15, 0.2) is 6.61 Å². The van der Waals surface area contributed by atoms with Gasteiger partial charge in [-0.05, 0) is 74.9 Å². The number of nitrogens with zero attached hydrogens (tertiary/aromatic N) is 1. The number of nitrogens with one attached hydrogen (secondary N) is 1. The van der Waals surface area contributed by atoms with E-state index in [9.17, 15) is 9.59 Å². The average molecular weight is 457 g/mol. The highest BCUT2D eigenvalue weighted by molar-refractivity contribution is 6.32. The maximum atomic E-state index is 13.2. The van der Waals surface area contributed by atoms with E-state index in [0.29, 0.717) is 17.3 Å². The molecule has 6 heteroatoms. The van der Waals surface area contributed by atoms with Gasteiger partial charge >= 0.3 is 0 Å². The number of carbonyl (C=O) groups is 2. The SMILES string of the molecule is Cc1ccccc1CN(C(=O)COc1cc(C)c(Cl)c(C)c1)[C@@H](C)C(=O)NC1CCCC1. The first-order chi connectivity index (χ1) is 15.3. The maximum absolute atomic E-state index is 13.2. The van der Waals surface area contributed by atoms with Gasteiger partial charge in [0.2, 0.25) is 5.91 Å². The summed E-state index contributed by atoms with van der Waals surface area (Å²) < 4.78 is 5.82. The highest BCUT2D eigenvalue weighted by atomic mass is 35.5. The molecule has 5 nitrogen and oxygen atoms in total. The van der Waals surface area contributed by atoms with E-state index in [1.807, 2.05) is 57.2 Å². The molecule has 0 aromatic heterocycles. The molecule has 0 heterocycles. The fourth-order valence-electron chi connectivity index (χ4n) is 4.16. The second kappa shape index (κ2) is 10.9. The minimum atomic E-state index is -0.597. The highest BCUT2D eigenvalue weighted by Crippen LogP contribution is 2.26. The lowest BCUT2D eigenvalue weighted by atomic mass is 10.1. The predicted molar refractivity (Wildman–Crippen MR) is 128 cm³/mol. The molecule has 1 fully saturated rings. The van der Waals surface area contributed by atoms with Crippen molar-refractivity contribution in [1.82, 2.24) is 10.2 Å². The summed E-state index contributed by atoms with van der Waals surface area (Å²) in [4.78, 5) is 27.8. The summed E-state index contributed by atoms with van der Waals surface area (Å²) in [5, 5.41) is 3.82. The summed E-state index contributed by atoms with van der Waals surface area (Å²) in [6.07, 6.45) is 4.28. The summed E-state index contributed by atoms with van der Waals surface area (Å²) in [5.74, 6) is 0.251. The number of amides is 2. The van der Waals surface area contributed by atoms with Crippen molar-refractivity contribution in [2.45, 2.75) is 72.0 Å². The average Bonchev–Trinajstić information content (AvgIpc) is 3.27. The van der Waals surface area contributed by atoms with Gasteiger partial charge in [0.05, 0.1) is 0 Å². The van der Waals surface area contributed by atoms with Gasteiger partial charge in [0, 0.05) is 17.6 Å². The zero-order chi connectivity index (χ0) is 23.3. The molecule has 1 aliphatic carbocycles. The smallest absolute Gasteiger partial charge is 0.261 e. The van der Waals surface area contributed by atoms with Gasteiger partial charge in [-0.1, -0.05) is 48.7 Å². The van der Waals surface area contributed by atoms with Crippen molar-refractivity contribution in [3.63, 3.8) is 0 Å². The number of hydrogen-bond donors (Lipinski definition) is 1. The summed E-state index contributed by atoms with van der Waals surface area (Å²) in [5.41, 5.74) is 3.89. The van der Waals surface area contributed by atoms with Crippen molar-refractivity contribution in [3.05, 3.63) is 63.7 Å². The van der Waals surface area contributed by atoms with Crippen LogP contribution in [-0.2, 0) is 16.1 Å². The molecule has 1 N–H and O–H groups in total. The van der Waals surface area contributed by atoms with E-state index in [4.69, 9.17) is 16.3 Å². The van der Waals surface area contributed by atoms with Crippen LogP contribution in [0.25, 0.3) is 0 Å². The van der Waals surface area contributed by atoms with Gasteiger partial charge < -0.3 is 15.0 Å². The summed E-state index contributed by atoms with van der Waals surface area (Å²) in [6.45, 7) is 7.82. The molecule has 0 bridgehead atoms. The molecular formula is C26H33ClN2O3. The minimum absolute atomic E-state index is 0.114. The van der Waals surface area contributed by atoms with Crippen LogP contribution in [-0.4, -0.2) is 35.4 Å². The van der Waals surface area contributed by atoms with Crippen LogP contribution in [0, 0.1) is 20.8 Å². The highest BCUT2D eigenvalue weighted by Gasteiger charge is 2.29. The predicted octanol–water partition coefficient (Wildman–Crippen LogP) is 5.12. The first-order valence-electron chi connectivity index (χ1n) is 11.3. The van der Waals surface area contributed by atoms with Crippen LogP contribution < -0.4 is 10.1 Å². The molecule has 1 saturated carbocycles. The van der Waals surface area contributed by atoms with Crippen LogP contribution in [0.15, 0.2) is 36.4 Å². The van der Waals surface area contributed by atoms with E-state index in [-0.39, 0.29) is 24.5 Å². The third-order valence-corrected chi connectivity index (χ3v) is 6.84. The molecule has 1 aliphatic rings. The van der Waals surface area contributed by atoms with Gasteiger partial charge in [-0.15, -0.1) is 0 Å². The van der Waals surface area contributed by atoms with E-state index in [1.165, 1.54) is 0 Å². The van der Waals surface area contributed by atoms with Crippen LogP contribution in [0.4, 0.5) is 0 Å².